The number of amides is 1. The first kappa shape index (κ1) is 15.2. The van der Waals surface area contributed by atoms with Crippen LogP contribution in [0.5, 0.6) is 0 Å². The van der Waals surface area contributed by atoms with Gasteiger partial charge in [-0.3, -0.25) is 4.79 Å². The van der Waals surface area contributed by atoms with Crippen molar-refractivity contribution in [1.82, 2.24) is 5.32 Å². The van der Waals surface area contributed by atoms with Gasteiger partial charge in [-0.15, -0.1) is 6.58 Å². The van der Waals surface area contributed by atoms with Crippen molar-refractivity contribution in [2.24, 2.45) is 10.8 Å². The summed E-state index contributed by atoms with van der Waals surface area (Å²) in [6.45, 7) is 15.0. The van der Waals surface area contributed by atoms with E-state index >= 15 is 0 Å². The summed E-state index contributed by atoms with van der Waals surface area (Å²) in [6, 6.07) is 0. The Balaban J connectivity index is 4.56. The van der Waals surface area contributed by atoms with E-state index in [0.717, 1.165) is 25.8 Å². The molecule has 0 aromatic rings. The molecule has 0 bridgehead atoms. The van der Waals surface area contributed by atoms with E-state index in [1.807, 2.05) is 6.08 Å². The molecule has 94 valence electrons. The molecule has 0 saturated heterocycles. The lowest BCUT2D eigenvalue weighted by Crippen LogP contribution is -2.43. The van der Waals surface area contributed by atoms with Gasteiger partial charge in [-0.25, -0.2) is 0 Å². The Hall–Kier alpha value is -0.790. The molecule has 16 heavy (non-hydrogen) atoms. The number of allylic oxidation sites excluding steroid dienone is 1. The first-order chi connectivity index (χ1) is 7.31. The van der Waals surface area contributed by atoms with Crippen LogP contribution in [0.25, 0.3) is 0 Å². The molecule has 0 unspecified atom stereocenters. The van der Waals surface area contributed by atoms with Crippen molar-refractivity contribution >= 4 is 5.91 Å². The zero-order valence-corrected chi connectivity index (χ0v) is 11.5. The molecule has 0 radical (unpaired) electrons. The minimum Gasteiger partial charge on any atom is -0.355 e. The van der Waals surface area contributed by atoms with Crippen LogP contribution in [0, 0.1) is 10.8 Å². The summed E-state index contributed by atoms with van der Waals surface area (Å²) in [7, 11) is 0. The maximum Gasteiger partial charge on any atom is 0.226 e. The van der Waals surface area contributed by atoms with Gasteiger partial charge in [-0.2, -0.15) is 0 Å². The molecule has 1 N–H and O–H groups in total. The van der Waals surface area contributed by atoms with Gasteiger partial charge < -0.3 is 5.32 Å². The van der Waals surface area contributed by atoms with Gasteiger partial charge >= 0.3 is 0 Å². The van der Waals surface area contributed by atoms with Crippen LogP contribution >= 0.6 is 0 Å². The second kappa shape index (κ2) is 6.07. The molecule has 0 atom stereocenters. The minimum atomic E-state index is -0.257. The molecule has 1 amide bonds. The molecule has 0 rings (SSSR count). The molecule has 2 heteroatoms. The smallest absolute Gasteiger partial charge is 0.226 e. The minimum absolute atomic E-state index is 0.136. The van der Waals surface area contributed by atoms with Gasteiger partial charge in [0.05, 0.1) is 5.41 Å². The van der Waals surface area contributed by atoms with E-state index in [-0.39, 0.29) is 16.7 Å². The van der Waals surface area contributed by atoms with Crippen LogP contribution in [0.3, 0.4) is 0 Å². The third-order valence-electron chi connectivity index (χ3n) is 3.15. The Morgan fingerprint density at radius 1 is 1.25 bits per heavy atom. The third-order valence-corrected chi connectivity index (χ3v) is 3.15. The summed E-state index contributed by atoms with van der Waals surface area (Å²) >= 11 is 0. The average Bonchev–Trinajstić information content (AvgIpc) is 2.21. The highest BCUT2D eigenvalue weighted by Gasteiger charge is 2.33. The Labute approximate surface area is 101 Å². The van der Waals surface area contributed by atoms with E-state index in [1.54, 1.807) is 0 Å². The second-order valence-electron chi connectivity index (χ2n) is 5.72. The van der Waals surface area contributed by atoms with Crippen molar-refractivity contribution in [2.45, 2.75) is 53.9 Å². The monoisotopic (exact) mass is 225 g/mol. The van der Waals surface area contributed by atoms with Crippen LogP contribution in [0.1, 0.15) is 53.9 Å². The summed E-state index contributed by atoms with van der Waals surface area (Å²) in [5.41, 5.74) is -0.121. The fraction of sp³-hybridized carbons (Fsp3) is 0.786. The molecule has 2 nitrogen and oxygen atoms in total. The normalized spacial score (nSPS) is 12.3. The van der Waals surface area contributed by atoms with Crippen LogP contribution in [0.15, 0.2) is 12.7 Å². The van der Waals surface area contributed by atoms with Gasteiger partial charge in [0.2, 0.25) is 5.91 Å². The van der Waals surface area contributed by atoms with Gasteiger partial charge in [-0.05, 0) is 24.7 Å². The molecule has 0 heterocycles. The van der Waals surface area contributed by atoms with Gasteiger partial charge in [0.15, 0.2) is 0 Å². The maximum absolute atomic E-state index is 12.2. The van der Waals surface area contributed by atoms with Crippen molar-refractivity contribution in [1.29, 1.82) is 0 Å². The predicted molar refractivity (Wildman–Crippen MR) is 70.3 cm³/mol. The molecule has 0 aliphatic heterocycles. The quantitative estimate of drug-likeness (QED) is 0.688. The highest BCUT2D eigenvalue weighted by atomic mass is 16.2. The standard InChI is InChI=1S/C14H27NO/c1-7-10-14(8-2,9-3)12(16)15-11-13(4,5)6/h7H,1,8-11H2,2-6H3,(H,15,16). The van der Waals surface area contributed by atoms with Crippen molar-refractivity contribution in [3.63, 3.8) is 0 Å². The molecule has 0 saturated carbocycles. The first-order valence-corrected chi connectivity index (χ1v) is 6.20. The largest absolute Gasteiger partial charge is 0.355 e. The number of nitrogens with one attached hydrogen (secondary N) is 1. The summed E-state index contributed by atoms with van der Waals surface area (Å²) < 4.78 is 0. The number of carbonyl (C=O) groups excluding carboxylic acids is 1. The van der Waals surface area contributed by atoms with E-state index in [1.165, 1.54) is 0 Å². The summed E-state index contributed by atoms with van der Waals surface area (Å²) in [5.74, 6) is 0.173. The lowest BCUT2D eigenvalue weighted by atomic mass is 9.78. The van der Waals surface area contributed by atoms with Crippen molar-refractivity contribution in [3.05, 3.63) is 12.7 Å². The Morgan fingerprint density at radius 3 is 2.06 bits per heavy atom. The molecule has 0 aliphatic carbocycles. The third kappa shape index (κ3) is 4.38. The number of hydrogen-bond acceptors (Lipinski definition) is 1. The van der Waals surface area contributed by atoms with Crippen LogP contribution in [-0.4, -0.2) is 12.5 Å². The number of hydrogen-bond donors (Lipinski definition) is 1. The second-order valence-corrected chi connectivity index (χ2v) is 5.72. The Morgan fingerprint density at radius 2 is 1.75 bits per heavy atom. The van der Waals surface area contributed by atoms with Crippen LogP contribution in [0.2, 0.25) is 0 Å². The van der Waals surface area contributed by atoms with Gasteiger partial charge in [-0.1, -0.05) is 40.7 Å². The summed E-state index contributed by atoms with van der Waals surface area (Å²) in [5, 5.41) is 3.06. The Bertz CT molecular complexity index is 234. The van der Waals surface area contributed by atoms with Gasteiger partial charge in [0.1, 0.15) is 0 Å². The van der Waals surface area contributed by atoms with Gasteiger partial charge in [0.25, 0.3) is 0 Å². The van der Waals surface area contributed by atoms with E-state index in [4.69, 9.17) is 0 Å². The van der Waals surface area contributed by atoms with E-state index in [0.29, 0.717) is 0 Å². The number of rotatable bonds is 6. The number of carbonyl (C=O) groups is 1. The summed E-state index contributed by atoms with van der Waals surface area (Å²) in [6.07, 6.45) is 4.34. The average molecular weight is 225 g/mol. The first-order valence-electron chi connectivity index (χ1n) is 6.20. The van der Waals surface area contributed by atoms with E-state index in [2.05, 4.69) is 46.5 Å². The fourth-order valence-corrected chi connectivity index (χ4v) is 1.76. The zero-order valence-electron chi connectivity index (χ0n) is 11.5. The van der Waals surface area contributed by atoms with E-state index in [9.17, 15) is 4.79 Å². The SMILES string of the molecule is C=CCC(CC)(CC)C(=O)NCC(C)(C)C. The van der Waals surface area contributed by atoms with Crippen molar-refractivity contribution < 1.29 is 4.79 Å². The van der Waals surface area contributed by atoms with Crippen LogP contribution in [-0.2, 0) is 4.79 Å². The fourth-order valence-electron chi connectivity index (χ4n) is 1.76. The molecule has 0 fully saturated rings. The molecule has 0 aromatic carbocycles. The lowest BCUT2D eigenvalue weighted by molar-refractivity contribution is -0.131. The topological polar surface area (TPSA) is 29.1 Å². The van der Waals surface area contributed by atoms with Gasteiger partial charge in [0, 0.05) is 6.54 Å². The molecular weight excluding hydrogens is 198 g/mol. The highest BCUT2D eigenvalue weighted by molar-refractivity contribution is 5.82. The predicted octanol–water partition coefficient (Wildman–Crippen LogP) is 3.53. The zero-order chi connectivity index (χ0) is 12.8. The summed E-state index contributed by atoms with van der Waals surface area (Å²) in [4.78, 5) is 12.2. The molecule has 0 aromatic heterocycles. The highest BCUT2D eigenvalue weighted by Crippen LogP contribution is 2.31. The maximum atomic E-state index is 12.2. The van der Waals surface area contributed by atoms with Crippen molar-refractivity contribution in [3.8, 4) is 0 Å². The molecular formula is C14H27NO. The van der Waals surface area contributed by atoms with Crippen LogP contribution in [0.4, 0.5) is 0 Å². The van der Waals surface area contributed by atoms with Crippen molar-refractivity contribution in [2.75, 3.05) is 6.54 Å². The van der Waals surface area contributed by atoms with E-state index < -0.39 is 0 Å². The lowest BCUT2D eigenvalue weighted by Gasteiger charge is -2.31. The molecule has 0 aliphatic rings. The van der Waals surface area contributed by atoms with Crippen LogP contribution < -0.4 is 5.32 Å². The Kier molecular flexibility index (Phi) is 5.77. The molecule has 0 spiro atoms.